The van der Waals surface area contributed by atoms with Gasteiger partial charge in [0.05, 0.1) is 6.04 Å². The zero-order valence-corrected chi connectivity index (χ0v) is 11.1. The van der Waals surface area contributed by atoms with Crippen molar-refractivity contribution in [3.8, 4) is 0 Å². The van der Waals surface area contributed by atoms with Crippen LogP contribution in [-0.4, -0.2) is 48.6 Å². The zero-order valence-electron chi connectivity index (χ0n) is 11.1. The van der Waals surface area contributed by atoms with Crippen molar-refractivity contribution in [3.63, 3.8) is 0 Å². The van der Waals surface area contributed by atoms with Gasteiger partial charge in [0.15, 0.2) is 0 Å². The van der Waals surface area contributed by atoms with E-state index in [-0.39, 0.29) is 18.0 Å². The first-order chi connectivity index (χ1) is 7.40. The fraction of sp³-hybridized carbons (Fsp3) is 0.917. The highest BCUT2D eigenvalue weighted by Gasteiger charge is 2.28. The minimum absolute atomic E-state index is 0.0946. The second-order valence-corrected chi connectivity index (χ2v) is 5.27. The molecule has 2 N–H and O–H groups in total. The van der Waals surface area contributed by atoms with Crippen LogP contribution in [0.4, 0.5) is 0 Å². The fourth-order valence-corrected chi connectivity index (χ4v) is 2.15. The van der Waals surface area contributed by atoms with Crippen LogP contribution in [0.3, 0.4) is 0 Å². The van der Waals surface area contributed by atoms with Crippen LogP contribution in [0.1, 0.15) is 34.1 Å². The van der Waals surface area contributed by atoms with Crippen molar-refractivity contribution < 1.29 is 4.79 Å². The van der Waals surface area contributed by atoms with E-state index in [0.29, 0.717) is 12.1 Å². The number of likely N-dealkylation sites (tertiary alicyclic amines) is 1. The van der Waals surface area contributed by atoms with Gasteiger partial charge in [-0.3, -0.25) is 4.79 Å². The third kappa shape index (κ3) is 3.76. The Bertz CT molecular complexity index is 232. The number of nitrogens with one attached hydrogen (secondary N) is 2. The van der Waals surface area contributed by atoms with Crippen LogP contribution < -0.4 is 10.6 Å². The van der Waals surface area contributed by atoms with Gasteiger partial charge in [0, 0.05) is 24.7 Å². The first-order valence-electron chi connectivity index (χ1n) is 6.16. The molecule has 0 aromatic rings. The molecule has 4 heteroatoms. The van der Waals surface area contributed by atoms with Crippen molar-refractivity contribution in [2.75, 3.05) is 13.6 Å². The molecule has 1 aliphatic rings. The van der Waals surface area contributed by atoms with Crippen LogP contribution in [0, 0.1) is 0 Å². The summed E-state index contributed by atoms with van der Waals surface area (Å²) in [5.41, 5.74) is 0. The van der Waals surface area contributed by atoms with E-state index in [4.69, 9.17) is 0 Å². The molecule has 1 rings (SSSR count). The standard InChI is InChI=1S/C12H25N3O/c1-8(2)13-12(16)10(4)14-11-6-9(3)15(5)7-11/h8-11,14H,6-7H2,1-5H3,(H,13,16). The Morgan fingerprint density at radius 1 is 1.38 bits per heavy atom. The summed E-state index contributed by atoms with van der Waals surface area (Å²) in [6.07, 6.45) is 1.12. The molecule has 0 radical (unpaired) electrons. The summed E-state index contributed by atoms with van der Waals surface area (Å²) in [5, 5.41) is 6.31. The summed E-state index contributed by atoms with van der Waals surface area (Å²) >= 11 is 0. The van der Waals surface area contributed by atoms with E-state index >= 15 is 0 Å². The Morgan fingerprint density at radius 2 is 2.00 bits per heavy atom. The Kier molecular flexibility index (Phi) is 4.74. The largest absolute Gasteiger partial charge is 0.353 e. The van der Waals surface area contributed by atoms with E-state index in [1.54, 1.807) is 0 Å². The molecule has 1 heterocycles. The summed E-state index contributed by atoms with van der Waals surface area (Å²) < 4.78 is 0. The number of nitrogens with zero attached hydrogens (tertiary/aromatic N) is 1. The third-order valence-electron chi connectivity index (χ3n) is 3.20. The lowest BCUT2D eigenvalue weighted by Crippen LogP contribution is -2.48. The van der Waals surface area contributed by atoms with Crippen LogP contribution in [0.2, 0.25) is 0 Å². The van der Waals surface area contributed by atoms with Gasteiger partial charge in [0.1, 0.15) is 0 Å². The second-order valence-electron chi connectivity index (χ2n) is 5.27. The van der Waals surface area contributed by atoms with E-state index in [2.05, 4.69) is 29.5 Å². The lowest BCUT2D eigenvalue weighted by atomic mass is 10.1. The predicted octanol–water partition coefficient (Wildman–Crippen LogP) is 0.582. The molecule has 0 aliphatic carbocycles. The Hall–Kier alpha value is -0.610. The van der Waals surface area contributed by atoms with E-state index < -0.39 is 0 Å². The van der Waals surface area contributed by atoms with Gasteiger partial charge in [-0.15, -0.1) is 0 Å². The average Bonchev–Trinajstić information content (AvgIpc) is 2.44. The van der Waals surface area contributed by atoms with E-state index in [9.17, 15) is 4.79 Å². The van der Waals surface area contributed by atoms with Gasteiger partial charge in [0.25, 0.3) is 0 Å². The van der Waals surface area contributed by atoms with Crippen molar-refractivity contribution in [3.05, 3.63) is 0 Å². The minimum atomic E-state index is -0.105. The number of carbonyl (C=O) groups excluding carboxylic acids is 1. The summed E-state index contributed by atoms with van der Waals surface area (Å²) in [5.74, 6) is 0.0946. The highest BCUT2D eigenvalue weighted by atomic mass is 16.2. The Morgan fingerprint density at radius 3 is 2.44 bits per heavy atom. The second kappa shape index (κ2) is 5.64. The number of rotatable bonds is 4. The molecule has 94 valence electrons. The van der Waals surface area contributed by atoms with Crippen molar-refractivity contribution in [1.29, 1.82) is 0 Å². The topological polar surface area (TPSA) is 44.4 Å². The van der Waals surface area contributed by atoms with Crippen molar-refractivity contribution in [2.24, 2.45) is 0 Å². The highest BCUT2D eigenvalue weighted by molar-refractivity contribution is 5.81. The summed E-state index contributed by atoms with van der Waals surface area (Å²) in [7, 11) is 2.13. The SMILES string of the molecule is CC(C)NC(=O)C(C)NC1CC(C)N(C)C1. The summed E-state index contributed by atoms with van der Waals surface area (Å²) in [4.78, 5) is 14.0. The molecule has 0 spiro atoms. The first kappa shape index (κ1) is 13.5. The fourth-order valence-electron chi connectivity index (χ4n) is 2.15. The maximum atomic E-state index is 11.7. The number of likely N-dealkylation sites (N-methyl/N-ethyl adjacent to an activating group) is 1. The molecule has 16 heavy (non-hydrogen) atoms. The van der Waals surface area contributed by atoms with Crippen LogP contribution in [-0.2, 0) is 4.79 Å². The maximum absolute atomic E-state index is 11.7. The number of carbonyl (C=O) groups is 1. The number of amides is 1. The summed E-state index contributed by atoms with van der Waals surface area (Å²) in [6.45, 7) is 9.15. The molecule has 3 unspecified atom stereocenters. The molecular weight excluding hydrogens is 202 g/mol. The normalized spacial score (nSPS) is 28.4. The molecule has 4 nitrogen and oxygen atoms in total. The van der Waals surface area contributed by atoms with Gasteiger partial charge >= 0.3 is 0 Å². The molecule has 0 aromatic heterocycles. The lowest BCUT2D eigenvalue weighted by molar-refractivity contribution is -0.123. The molecule has 3 atom stereocenters. The van der Waals surface area contributed by atoms with Gasteiger partial charge in [-0.1, -0.05) is 0 Å². The molecule has 0 bridgehead atoms. The average molecular weight is 227 g/mol. The molecule has 1 fully saturated rings. The number of hydrogen-bond donors (Lipinski definition) is 2. The van der Waals surface area contributed by atoms with Gasteiger partial charge in [-0.2, -0.15) is 0 Å². The van der Waals surface area contributed by atoms with E-state index in [1.165, 1.54) is 0 Å². The van der Waals surface area contributed by atoms with Crippen molar-refractivity contribution >= 4 is 5.91 Å². The molecule has 1 aliphatic heterocycles. The molecule has 0 aromatic carbocycles. The minimum Gasteiger partial charge on any atom is -0.353 e. The predicted molar refractivity (Wildman–Crippen MR) is 66.4 cm³/mol. The molecule has 0 saturated carbocycles. The van der Waals surface area contributed by atoms with Crippen LogP contribution in [0.25, 0.3) is 0 Å². The van der Waals surface area contributed by atoms with Crippen molar-refractivity contribution in [1.82, 2.24) is 15.5 Å². The lowest BCUT2D eigenvalue weighted by Gasteiger charge is -2.20. The smallest absolute Gasteiger partial charge is 0.237 e. The third-order valence-corrected chi connectivity index (χ3v) is 3.20. The zero-order chi connectivity index (χ0) is 12.3. The Balaban J connectivity index is 2.34. The van der Waals surface area contributed by atoms with E-state index in [0.717, 1.165) is 13.0 Å². The first-order valence-corrected chi connectivity index (χ1v) is 6.16. The molecule has 1 amide bonds. The van der Waals surface area contributed by atoms with Gasteiger partial charge in [0.2, 0.25) is 5.91 Å². The quantitative estimate of drug-likeness (QED) is 0.738. The van der Waals surface area contributed by atoms with Crippen LogP contribution in [0.5, 0.6) is 0 Å². The summed E-state index contributed by atoms with van der Waals surface area (Å²) in [6, 6.07) is 1.15. The highest BCUT2D eigenvalue weighted by Crippen LogP contribution is 2.15. The molecule has 1 saturated heterocycles. The maximum Gasteiger partial charge on any atom is 0.237 e. The van der Waals surface area contributed by atoms with Gasteiger partial charge in [-0.05, 0) is 41.2 Å². The monoisotopic (exact) mass is 227 g/mol. The molecular formula is C12H25N3O. The van der Waals surface area contributed by atoms with Gasteiger partial charge in [-0.25, -0.2) is 0 Å². The van der Waals surface area contributed by atoms with Crippen LogP contribution in [0.15, 0.2) is 0 Å². The number of hydrogen-bond acceptors (Lipinski definition) is 3. The van der Waals surface area contributed by atoms with Gasteiger partial charge < -0.3 is 15.5 Å². The van der Waals surface area contributed by atoms with E-state index in [1.807, 2.05) is 20.8 Å². The van der Waals surface area contributed by atoms with Crippen molar-refractivity contribution in [2.45, 2.75) is 58.3 Å². The Labute approximate surface area is 98.8 Å². The van der Waals surface area contributed by atoms with Crippen LogP contribution >= 0.6 is 0 Å².